The number of carbonyl (C=O) groups is 1. The molecule has 0 radical (unpaired) electrons. The molecule has 1 aliphatic heterocycles. The van der Waals surface area contributed by atoms with Crippen molar-refractivity contribution in [3.05, 3.63) is 41.6 Å². The van der Waals surface area contributed by atoms with Crippen LogP contribution in [0.3, 0.4) is 0 Å². The van der Waals surface area contributed by atoms with Crippen molar-refractivity contribution >= 4 is 16.8 Å². The van der Waals surface area contributed by atoms with Gasteiger partial charge in [-0.15, -0.1) is 0 Å². The number of aromatic nitrogens is 1. The Bertz CT molecular complexity index is 860. The number of hydrogen-bond acceptors (Lipinski definition) is 3. The van der Waals surface area contributed by atoms with Crippen LogP contribution in [0.5, 0.6) is 0 Å². The third-order valence-electron chi connectivity index (χ3n) is 6.72. The monoisotopic (exact) mass is 350 g/mol. The van der Waals surface area contributed by atoms with Crippen molar-refractivity contribution in [2.75, 3.05) is 13.1 Å². The number of carbonyl (C=O) groups excluding carboxylic acids is 1. The molecule has 1 amide bonds. The van der Waals surface area contributed by atoms with Gasteiger partial charge in [-0.25, -0.2) is 0 Å². The van der Waals surface area contributed by atoms with Gasteiger partial charge in [0.1, 0.15) is 0 Å². The second-order valence-corrected chi connectivity index (χ2v) is 8.49. The first-order valence-corrected chi connectivity index (χ1v) is 10.0. The van der Waals surface area contributed by atoms with Gasteiger partial charge in [0.05, 0.1) is 17.2 Å². The Morgan fingerprint density at radius 2 is 1.96 bits per heavy atom. The van der Waals surface area contributed by atoms with Gasteiger partial charge in [0.25, 0.3) is 5.91 Å². The fourth-order valence-corrected chi connectivity index (χ4v) is 5.06. The van der Waals surface area contributed by atoms with Crippen LogP contribution in [0.15, 0.2) is 30.3 Å². The molecule has 2 aromatic rings. The number of rotatable bonds is 2. The second kappa shape index (κ2) is 6.05. The predicted molar refractivity (Wildman–Crippen MR) is 101 cm³/mol. The minimum atomic E-state index is -0.255. The number of benzene rings is 1. The molecule has 1 saturated heterocycles. The van der Waals surface area contributed by atoms with Gasteiger partial charge in [-0.1, -0.05) is 24.6 Å². The molecule has 2 aliphatic carbocycles. The topological polar surface area (TPSA) is 53.4 Å². The van der Waals surface area contributed by atoms with Crippen molar-refractivity contribution in [3.8, 4) is 0 Å². The standard InChI is InChI=1S/C22H26N2O2/c25-20-7-3-10-22(20)11-4-12-24(14-22)21(26)17-13-19(15-8-9-15)23-18-6-2-1-5-16(17)18/h1-2,5-6,13,15,20,25H,3-4,7-12,14H2/t20-,22+/m1/s1. The lowest BCUT2D eigenvalue weighted by Crippen LogP contribution is -2.49. The minimum Gasteiger partial charge on any atom is -0.392 e. The number of piperidine rings is 1. The normalized spacial score (nSPS) is 28.8. The summed E-state index contributed by atoms with van der Waals surface area (Å²) in [6, 6.07) is 10.0. The maximum atomic E-state index is 13.5. The first kappa shape index (κ1) is 16.2. The molecule has 2 atom stereocenters. The highest BCUT2D eigenvalue weighted by Crippen LogP contribution is 2.45. The van der Waals surface area contributed by atoms with Gasteiger partial charge in [-0.05, 0) is 50.7 Å². The van der Waals surface area contributed by atoms with Crippen molar-refractivity contribution in [3.63, 3.8) is 0 Å². The Morgan fingerprint density at radius 1 is 1.15 bits per heavy atom. The number of aliphatic hydroxyl groups is 1. The summed E-state index contributed by atoms with van der Waals surface area (Å²) in [5, 5.41) is 11.5. The molecule has 5 rings (SSSR count). The SMILES string of the molecule is O=C(c1cc(C2CC2)nc2ccccc12)N1CCC[C@@]2(CCC[C@H]2O)C1. The number of hydrogen-bond donors (Lipinski definition) is 1. The summed E-state index contributed by atoms with van der Waals surface area (Å²) in [4.78, 5) is 20.3. The van der Waals surface area contributed by atoms with E-state index in [0.717, 1.165) is 60.8 Å². The van der Waals surface area contributed by atoms with Crippen molar-refractivity contribution in [1.82, 2.24) is 9.88 Å². The van der Waals surface area contributed by atoms with Crippen molar-refractivity contribution in [2.45, 2.75) is 57.0 Å². The first-order chi connectivity index (χ1) is 12.7. The number of likely N-dealkylation sites (tertiary alicyclic amines) is 1. The molecule has 4 nitrogen and oxygen atoms in total. The zero-order chi connectivity index (χ0) is 17.7. The van der Waals surface area contributed by atoms with Gasteiger partial charge in [-0.2, -0.15) is 0 Å². The van der Waals surface area contributed by atoms with E-state index < -0.39 is 0 Å². The van der Waals surface area contributed by atoms with E-state index in [9.17, 15) is 9.90 Å². The van der Waals surface area contributed by atoms with Crippen LogP contribution in [0, 0.1) is 5.41 Å². The molecular formula is C22H26N2O2. The average Bonchev–Trinajstić information content (AvgIpc) is 3.47. The van der Waals surface area contributed by atoms with E-state index in [1.165, 1.54) is 12.8 Å². The van der Waals surface area contributed by atoms with Gasteiger partial charge in [-0.3, -0.25) is 9.78 Å². The Morgan fingerprint density at radius 3 is 2.73 bits per heavy atom. The lowest BCUT2D eigenvalue weighted by atomic mass is 9.76. The molecule has 1 spiro atoms. The molecule has 1 N–H and O–H groups in total. The van der Waals surface area contributed by atoms with Crippen LogP contribution in [0.25, 0.3) is 10.9 Å². The lowest BCUT2D eigenvalue weighted by molar-refractivity contribution is -0.00529. The zero-order valence-corrected chi connectivity index (χ0v) is 15.2. The largest absolute Gasteiger partial charge is 0.392 e. The van der Waals surface area contributed by atoms with Crippen LogP contribution in [0.4, 0.5) is 0 Å². The van der Waals surface area contributed by atoms with Crippen molar-refractivity contribution in [1.29, 1.82) is 0 Å². The van der Waals surface area contributed by atoms with Gasteiger partial charge in [0.2, 0.25) is 0 Å². The van der Waals surface area contributed by atoms with Crippen LogP contribution in [-0.2, 0) is 0 Å². The van der Waals surface area contributed by atoms with Crippen LogP contribution in [0.1, 0.15) is 66.9 Å². The number of amides is 1. The van der Waals surface area contributed by atoms with Gasteiger partial charge in [0.15, 0.2) is 0 Å². The predicted octanol–water partition coefficient (Wildman–Crippen LogP) is 3.88. The molecule has 1 aromatic carbocycles. The number of pyridine rings is 1. The summed E-state index contributed by atoms with van der Waals surface area (Å²) < 4.78 is 0. The maximum Gasteiger partial charge on any atom is 0.254 e. The highest BCUT2D eigenvalue weighted by atomic mass is 16.3. The van der Waals surface area contributed by atoms with Crippen molar-refractivity contribution < 1.29 is 9.90 Å². The van der Waals surface area contributed by atoms with E-state index in [0.29, 0.717) is 12.5 Å². The number of nitrogens with zero attached hydrogens (tertiary/aromatic N) is 2. The maximum absolute atomic E-state index is 13.5. The Hall–Kier alpha value is -1.94. The molecular weight excluding hydrogens is 324 g/mol. The minimum absolute atomic E-state index is 0.0733. The van der Waals surface area contributed by atoms with E-state index in [1.807, 2.05) is 35.2 Å². The van der Waals surface area contributed by atoms with E-state index in [2.05, 4.69) is 0 Å². The molecule has 0 bridgehead atoms. The second-order valence-electron chi connectivity index (χ2n) is 8.49. The van der Waals surface area contributed by atoms with Gasteiger partial charge >= 0.3 is 0 Å². The summed E-state index contributed by atoms with van der Waals surface area (Å²) in [6.07, 6.45) is 7.13. The summed E-state index contributed by atoms with van der Waals surface area (Å²) in [5.74, 6) is 0.638. The first-order valence-electron chi connectivity index (χ1n) is 10.0. The molecule has 3 aliphatic rings. The summed E-state index contributed by atoms with van der Waals surface area (Å²) in [6.45, 7) is 1.49. The van der Waals surface area contributed by atoms with Crippen LogP contribution >= 0.6 is 0 Å². The van der Waals surface area contributed by atoms with Crippen LogP contribution in [-0.4, -0.2) is 40.1 Å². The average molecular weight is 350 g/mol. The lowest BCUT2D eigenvalue weighted by Gasteiger charge is -2.42. The Balaban J connectivity index is 1.52. The summed E-state index contributed by atoms with van der Waals surface area (Å²) in [7, 11) is 0. The molecule has 136 valence electrons. The summed E-state index contributed by atoms with van der Waals surface area (Å²) in [5.41, 5.74) is 2.71. The fraction of sp³-hybridized carbons (Fsp3) is 0.545. The Kier molecular flexibility index (Phi) is 3.78. The molecule has 1 aromatic heterocycles. The molecule has 2 saturated carbocycles. The van der Waals surface area contributed by atoms with Crippen LogP contribution < -0.4 is 0 Å². The quantitative estimate of drug-likeness (QED) is 0.894. The third kappa shape index (κ3) is 2.62. The van der Waals surface area contributed by atoms with E-state index in [-0.39, 0.29) is 17.4 Å². The van der Waals surface area contributed by atoms with E-state index in [4.69, 9.17) is 4.98 Å². The highest BCUT2D eigenvalue weighted by Gasteiger charge is 2.45. The number of fused-ring (bicyclic) bond motifs is 1. The number of para-hydroxylation sites is 1. The van der Waals surface area contributed by atoms with E-state index in [1.54, 1.807) is 0 Å². The summed E-state index contributed by atoms with van der Waals surface area (Å²) >= 11 is 0. The third-order valence-corrected chi connectivity index (χ3v) is 6.72. The molecule has 2 heterocycles. The number of aliphatic hydroxyl groups excluding tert-OH is 1. The smallest absolute Gasteiger partial charge is 0.254 e. The van der Waals surface area contributed by atoms with Gasteiger partial charge < -0.3 is 10.0 Å². The van der Waals surface area contributed by atoms with Crippen LogP contribution in [0.2, 0.25) is 0 Å². The van der Waals surface area contributed by atoms with E-state index >= 15 is 0 Å². The van der Waals surface area contributed by atoms with Gasteiger partial charge in [0, 0.05) is 35.5 Å². The molecule has 26 heavy (non-hydrogen) atoms. The molecule has 3 fully saturated rings. The molecule has 4 heteroatoms. The Labute approximate surface area is 154 Å². The zero-order valence-electron chi connectivity index (χ0n) is 15.2. The fourth-order valence-electron chi connectivity index (χ4n) is 5.06. The highest BCUT2D eigenvalue weighted by molar-refractivity contribution is 6.06. The van der Waals surface area contributed by atoms with Crippen molar-refractivity contribution in [2.24, 2.45) is 5.41 Å². The molecule has 0 unspecified atom stereocenters.